The second-order valence-electron chi connectivity index (χ2n) is 3.50. The Kier molecular flexibility index (Phi) is 5.12. The van der Waals surface area contributed by atoms with Crippen LogP contribution in [0.4, 0.5) is 0 Å². The van der Waals surface area contributed by atoms with Gasteiger partial charge in [0.05, 0.1) is 17.0 Å². The molecule has 19 heavy (non-hydrogen) atoms. The zero-order chi connectivity index (χ0) is 14.6. The highest BCUT2D eigenvalue weighted by Gasteiger charge is 2.20. The minimum Gasteiger partial charge on any atom is -0.495 e. The van der Waals surface area contributed by atoms with E-state index in [4.69, 9.17) is 26.6 Å². The number of hydrogen-bond donors (Lipinski definition) is 3. The lowest BCUT2D eigenvalue weighted by Gasteiger charge is -2.10. The lowest BCUT2D eigenvalue weighted by molar-refractivity contribution is -0.146. The molecule has 0 aliphatic carbocycles. The van der Waals surface area contributed by atoms with Gasteiger partial charge in [-0.25, -0.2) is 17.9 Å². The van der Waals surface area contributed by atoms with Gasteiger partial charge in [0.2, 0.25) is 10.0 Å². The summed E-state index contributed by atoms with van der Waals surface area (Å²) in [5, 5.41) is 17.5. The molecule has 0 aliphatic rings. The standard InChI is InChI=1S/C10H12ClNO6S/c1-18-9-3-2-6(4-7(9)11)19(16,17)12-5-8(13)10(14)15/h2-4,8,12-13H,5H2,1H3,(H,14,15)/t8-/m0/s1. The first-order chi connectivity index (χ1) is 8.77. The third-order valence-corrected chi connectivity index (χ3v) is 3.90. The summed E-state index contributed by atoms with van der Waals surface area (Å²) in [4.78, 5) is 10.2. The molecule has 7 nitrogen and oxygen atoms in total. The van der Waals surface area contributed by atoms with E-state index < -0.39 is 28.6 Å². The Bertz CT molecular complexity index is 573. The van der Waals surface area contributed by atoms with Gasteiger partial charge in [0.15, 0.2) is 6.10 Å². The largest absolute Gasteiger partial charge is 0.495 e. The monoisotopic (exact) mass is 309 g/mol. The quantitative estimate of drug-likeness (QED) is 0.685. The lowest BCUT2D eigenvalue weighted by atomic mass is 10.3. The van der Waals surface area contributed by atoms with Crippen LogP contribution in [0.25, 0.3) is 0 Å². The van der Waals surface area contributed by atoms with Crippen molar-refractivity contribution >= 4 is 27.6 Å². The number of benzene rings is 1. The average molecular weight is 310 g/mol. The molecule has 0 unspecified atom stereocenters. The lowest BCUT2D eigenvalue weighted by Crippen LogP contribution is -2.36. The predicted octanol–water partition coefficient (Wildman–Crippen LogP) is 0.0724. The molecule has 1 atom stereocenters. The fraction of sp³-hybridized carbons (Fsp3) is 0.300. The number of carboxylic acid groups (broad SMARTS) is 1. The molecule has 0 spiro atoms. The van der Waals surface area contributed by atoms with Crippen molar-refractivity contribution in [3.05, 3.63) is 23.2 Å². The fourth-order valence-electron chi connectivity index (χ4n) is 1.17. The second kappa shape index (κ2) is 6.20. The maximum absolute atomic E-state index is 11.8. The highest BCUT2D eigenvalue weighted by molar-refractivity contribution is 7.89. The molecule has 0 fully saturated rings. The summed E-state index contributed by atoms with van der Waals surface area (Å²) in [5.41, 5.74) is 0. The maximum Gasteiger partial charge on any atom is 0.333 e. The minimum absolute atomic E-state index is 0.101. The molecule has 1 aromatic rings. The van der Waals surface area contributed by atoms with Gasteiger partial charge in [0.1, 0.15) is 5.75 Å². The molecule has 0 aliphatic heterocycles. The van der Waals surface area contributed by atoms with Gasteiger partial charge in [-0.2, -0.15) is 0 Å². The molecular formula is C10H12ClNO6S. The highest BCUT2D eigenvalue weighted by Crippen LogP contribution is 2.26. The molecule has 0 saturated heterocycles. The van der Waals surface area contributed by atoms with E-state index in [1.807, 2.05) is 4.72 Å². The normalized spacial score (nSPS) is 13.0. The van der Waals surface area contributed by atoms with E-state index in [0.717, 1.165) is 6.07 Å². The molecule has 0 aromatic heterocycles. The van der Waals surface area contributed by atoms with Crippen LogP contribution in [0.2, 0.25) is 5.02 Å². The van der Waals surface area contributed by atoms with Crippen molar-refractivity contribution in [3.63, 3.8) is 0 Å². The van der Waals surface area contributed by atoms with Crippen molar-refractivity contribution in [3.8, 4) is 5.75 Å². The Morgan fingerprint density at radius 1 is 1.53 bits per heavy atom. The summed E-state index contributed by atoms with van der Waals surface area (Å²) in [6, 6.07) is 3.78. The molecule has 0 heterocycles. The number of carboxylic acids is 1. The molecule has 1 rings (SSSR count). The first kappa shape index (κ1) is 15.7. The SMILES string of the molecule is COc1ccc(S(=O)(=O)NC[C@H](O)C(=O)O)cc1Cl. The van der Waals surface area contributed by atoms with Crippen molar-refractivity contribution in [1.82, 2.24) is 4.72 Å². The van der Waals surface area contributed by atoms with E-state index in [-0.39, 0.29) is 9.92 Å². The molecule has 106 valence electrons. The second-order valence-corrected chi connectivity index (χ2v) is 5.68. The number of ether oxygens (including phenoxy) is 1. The summed E-state index contributed by atoms with van der Waals surface area (Å²) in [5.74, 6) is -1.21. The van der Waals surface area contributed by atoms with E-state index in [9.17, 15) is 13.2 Å². The highest BCUT2D eigenvalue weighted by atomic mass is 35.5. The van der Waals surface area contributed by atoms with Gasteiger partial charge in [-0.3, -0.25) is 0 Å². The zero-order valence-corrected chi connectivity index (χ0v) is 11.4. The van der Waals surface area contributed by atoms with E-state index in [2.05, 4.69) is 0 Å². The van der Waals surface area contributed by atoms with Crippen LogP contribution in [-0.4, -0.2) is 44.4 Å². The van der Waals surface area contributed by atoms with Gasteiger partial charge in [0, 0.05) is 6.54 Å². The summed E-state index contributed by atoms with van der Waals surface area (Å²) >= 11 is 5.79. The van der Waals surface area contributed by atoms with E-state index in [1.165, 1.54) is 19.2 Å². The molecule has 0 radical (unpaired) electrons. The number of nitrogens with one attached hydrogen (secondary N) is 1. The number of aliphatic hydroxyl groups is 1. The predicted molar refractivity (Wildman–Crippen MR) is 66.8 cm³/mol. The Hall–Kier alpha value is -1.35. The molecule has 9 heteroatoms. The van der Waals surface area contributed by atoms with Gasteiger partial charge in [-0.05, 0) is 18.2 Å². The topological polar surface area (TPSA) is 113 Å². The van der Waals surface area contributed by atoms with Crippen molar-refractivity contribution in [2.45, 2.75) is 11.0 Å². The van der Waals surface area contributed by atoms with Gasteiger partial charge in [0.25, 0.3) is 0 Å². The summed E-state index contributed by atoms with van der Waals surface area (Å²) < 4.78 is 30.4. The summed E-state index contributed by atoms with van der Waals surface area (Å²) in [7, 11) is -2.56. The Balaban J connectivity index is 2.89. The maximum atomic E-state index is 11.8. The molecule has 1 aromatic carbocycles. The third-order valence-electron chi connectivity index (χ3n) is 2.19. The van der Waals surface area contributed by atoms with Gasteiger partial charge in [-0.1, -0.05) is 11.6 Å². The minimum atomic E-state index is -3.95. The number of hydrogen-bond acceptors (Lipinski definition) is 5. The van der Waals surface area contributed by atoms with Crippen molar-refractivity contribution < 1.29 is 28.2 Å². The van der Waals surface area contributed by atoms with E-state index in [0.29, 0.717) is 5.75 Å². The summed E-state index contributed by atoms with van der Waals surface area (Å²) in [6.07, 6.45) is -1.82. The molecular weight excluding hydrogens is 298 g/mol. The van der Waals surface area contributed by atoms with Crippen LogP contribution >= 0.6 is 11.6 Å². The number of carbonyl (C=O) groups is 1. The summed E-state index contributed by atoms with van der Waals surface area (Å²) in [6.45, 7) is -0.638. The van der Waals surface area contributed by atoms with Crippen LogP contribution < -0.4 is 9.46 Å². The Morgan fingerprint density at radius 3 is 2.63 bits per heavy atom. The van der Waals surface area contributed by atoms with E-state index in [1.54, 1.807) is 0 Å². The first-order valence-corrected chi connectivity index (χ1v) is 6.88. The van der Waals surface area contributed by atoms with Crippen molar-refractivity contribution in [2.24, 2.45) is 0 Å². The zero-order valence-electron chi connectivity index (χ0n) is 9.83. The Labute approximate surface area is 114 Å². The van der Waals surface area contributed by atoms with Crippen molar-refractivity contribution in [1.29, 1.82) is 0 Å². The van der Waals surface area contributed by atoms with E-state index >= 15 is 0 Å². The van der Waals surface area contributed by atoms with Crippen LogP contribution in [-0.2, 0) is 14.8 Å². The van der Waals surface area contributed by atoms with Gasteiger partial charge >= 0.3 is 5.97 Å². The first-order valence-electron chi connectivity index (χ1n) is 5.02. The number of rotatable bonds is 6. The van der Waals surface area contributed by atoms with Crippen molar-refractivity contribution in [2.75, 3.05) is 13.7 Å². The van der Waals surface area contributed by atoms with Crippen LogP contribution in [0, 0.1) is 0 Å². The molecule has 0 amide bonds. The number of sulfonamides is 1. The molecule has 0 saturated carbocycles. The number of methoxy groups -OCH3 is 1. The fourth-order valence-corrected chi connectivity index (χ4v) is 2.56. The number of aliphatic hydroxyl groups excluding tert-OH is 1. The average Bonchev–Trinajstić information content (AvgIpc) is 2.35. The smallest absolute Gasteiger partial charge is 0.333 e. The van der Waals surface area contributed by atoms with Crippen LogP contribution in [0.15, 0.2) is 23.1 Å². The van der Waals surface area contributed by atoms with Gasteiger partial charge < -0.3 is 14.9 Å². The number of halogens is 1. The molecule has 3 N–H and O–H groups in total. The van der Waals surface area contributed by atoms with Crippen LogP contribution in [0.3, 0.4) is 0 Å². The van der Waals surface area contributed by atoms with Crippen LogP contribution in [0.5, 0.6) is 5.75 Å². The van der Waals surface area contributed by atoms with Crippen LogP contribution in [0.1, 0.15) is 0 Å². The Morgan fingerprint density at radius 2 is 2.16 bits per heavy atom. The van der Waals surface area contributed by atoms with Gasteiger partial charge in [-0.15, -0.1) is 0 Å². The number of aliphatic carboxylic acids is 1. The third kappa shape index (κ3) is 4.06. The molecule has 0 bridgehead atoms.